The van der Waals surface area contributed by atoms with Crippen molar-refractivity contribution in [1.82, 2.24) is 5.32 Å². The molecular weight excluding hydrogens is 284 g/mol. The number of rotatable bonds is 8. The minimum absolute atomic E-state index is 0.114. The van der Waals surface area contributed by atoms with E-state index in [0.29, 0.717) is 6.54 Å². The molecule has 1 saturated carbocycles. The second-order valence-corrected chi connectivity index (χ2v) is 6.18. The summed E-state index contributed by atoms with van der Waals surface area (Å²) in [6.07, 6.45) is 3.26. The third-order valence-corrected chi connectivity index (χ3v) is 4.35. The lowest BCUT2D eigenvalue weighted by molar-refractivity contribution is -0.121. The van der Waals surface area contributed by atoms with Crippen LogP contribution in [0.4, 0.5) is 0 Å². The Bertz CT molecular complexity index is 500. The van der Waals surface area contributed by atoms with Crippen molar-refractivity contribution >= 4 is 23.1 Å². The predicted octanol–water partition coefficient (Wildman–Crippen LogP) is 1.99. The van der Waals surface area contributed by atoms with Gasteiger partial charge in [-0.05, 0) is 30.2 Å². The molecule has 0 heterocycles. The minimum atomic E-state index is -0.556. The third-order valence-electron chi connectivity index (χ3n) is 4.11. The van der Waals surface area contributed by atoms with Crippen molar-refractivity contribution in [3.8, 4) is 0 Å². The molecule has 1 amide bonds. The van der Waals surface area contributed by atoms with E-state index in [-0.39, 0.29) is 16.3 Å². The van der Waals surface area contributed by atoms with Crippen LogP contribution in [0.25, 0.3) is 0 Å². The highest BCUT2D eigenvalue weighted by Gasteiger charge is 2.42. The topological polar surface area (TPSA) is 64.3 Å². The molecule has 0 bridgehead atoms. The number of amides is 1. The molecule has 0 aromatic heterocycles. The lowest BCUT2D eigenvalue weighted by Gasteiger charge is -2.19. The number of nitrogens with two attached hydrogens (primary N) is 1. The van der Waals surface area contributed by atoms with E-state index in [1.165, 1.54) is 0 Å². The van der Waals surface area contributed by atoms with E-state index in [0.717, 1.165) is 31.4 Å². The van der Waals surface area contributed by atoms with Crippen LogP contribution in [0.15, 0.2) is 30.3 Å². The van der Waals surface area contributed by atoms with Crippen molar-refractivity contribution < 1.29 is 9.53 Å². The number of hydrogen-bond donors (Lipinski definition) is 2. The first-order valence-electron chi connectivity index (χ1n) is 7.19. The normalized spacial score (nSPS) is 17.0. The first-order valence-corrected chi connectivity index (χ1v) is 7.60. The summed E-state index contributed by atoms with van der Waals surface area (Å²) in [7, 11) is 1.70. The van der Waals surface area contributed by atoms with E-state index < -0.39 is 5.92 Å². The Morgan fingerprint density at radius 3 is 2.62 bits per heavy atom. The number of thiocarbonyl (C=S) groups is 1. The van der Waals surface area contributed by atoms with Crippen LogP contribution >= 0.6 is 12.2 Å². The fraction of sp³-hybridized carbons (Fsp3) is 0.500. The molecule has 0 radical (unpaired) electrons. The maximum absolute atomic E-state index is 12.4. The van der Waals surface area contributed by atoms with Crippen LogP contribution < -0.4 is 11.1 Å². The van der Waals surface area contributed by atoms with Gasteiger partial charge in [0.05, 0.1) is 4.99 Å². The lowest BCUT2D eigenvalue weighted by Crippen LogP contribution is -2.39. The van der Waals surface area contributed by atoms with E-state index in [9.17, 15) is 4.79 Å². The van der Waals surface area contributed by atoms with Crippen LogP contribution in [0.5, 0.6) is 0 Å². The number of methoxy groups -OCH3 is 1. The zero-order chi connectivity index (χ0) is 15.3. The summed E-state index contributed by atoms with van der Waals surface area (Å²) in [4.78, 5) is 12.6. The van der Waals surface area contributed by atoms with Gasteiger partial charge in [0.2, 0.25) is 5.91 Å². The molecule has 1 aromatic rings. The summed E-state index contributed by atoms with van der Waals surface area (Å²) in [5, 5.41) is 3.01. The molecule has 1 unspecified atom stereocenters. The smallest absolute Gasteiger partial charge is 0.234 e. The zero-order valence-corrected chi connectivity index (χ0v) is 13.1. The number of ether oxygens (including phenoxy) is 1. The van der Waals surface area contributed by atoms with Crippen LogP contribution in [0, 0.1) is 5.41 Å². The molecular formula is C16H22N2O2S. The molecule has 1 aliphatic rings. The van der Waals surface area contributed by atoms with Gasteiger partial charge in [0.25, 0.3) is 0 Å². The number of benzene rings is 1. The highest BCUT2D eigenvalue weighted by Crippen LogP contribution is 2.48. The first-order chi connectivity index (χ1) is 10.1. The highest BCUT2D eigenvalue weighted by atomic mass is 32.1. The molecule has 0 aliphatic heterocycles. The average Bonchev–Trinajstić information content (AvgIpc) is 3.24. The molecule has 5 heteroatoms. The Morgan fingerprint density at radius 1 is 1.43 bits per heavy atom. The maximum atomic E-state index is 12.4. The number of nitrogens with one attached hydrogen (secondary N) is 1. The molecule has 21 heavy (non-hydrogen) atoms. The minimum Gasteiger partial charge on any atom is -0.392 e. The molecule has 0 saturated heterocycles. The maximum Gasteiger partial charge on any atom is 0.234 e. The van der Waals surface area contributed by atoms with Gasteiger partial charge in [-0.2, -0.15) is 0 Å². The number of carbonyl (C=O) groups is 1. The van der Waals surface area contributed by atoms with E-state index in [4.69, 9.17) is 22.7 Å². The van der Waals surface area contributed by atoms with Crippen molar-refractivity contribution in [2.75, 3.05) is 20.3 Å². The number of carbonyl (C=O) groups excluding carboxylic acids is 1. The lowest BCUT2D eigenvalue weighted by atomic mass is 9.97. The summed E-state index contributed by atoms with van der Waals surface area (Å²) >= 11 is 5.07. The van der Waals surface area contributed by atoms with Gasteiger partial charge in [-0.15, -0.1) is 0 Å². The molecule has 4 nitrogen and oxygen atoms in total. The van der Waals surface area contributed by atoms with Gasteiger partial charge < -0.3 is 15.8 Å². The summed E-state index contributed by atoms with van der Waals surface area (Å²) in [6, 6.07) is 9.42. The molecule has 0 spiro atoms. The predicted molar refractivity (Wildman–Crippen MR) is 87.1 cm³/mol. The Morgan fingerprint density at radius 2 is 2.10 bits per heavy atom. The van der Waals surface area contributed by atoms with Gasteiger partial charge in [-0.25, -0.2) is 0 Å². The molecule has 2 rings (SSSR count). The fourth-order valence-corrected chi connectivity index (χ4v) is 2.72. The van der Waals surface area contributed by atoms with Crippen LogP contribution in [0.1, 0.15) is 30.7 Å². The van der Waals surface area contributed by atoms with E-state index >= 15 is 0 Å². The second kappa shape index (κ2) is 7.00. The quantitative estimate of drug-likeness (QED) is 0.721. The Kier molecular flexibility index (Phi) is 5.31. The van der Waals surface area contributed by atoms with Crippen LogP contribution in [-0.2, 0) is 9.53 Å². The second-order valence-electron chi connectivity index (χ2n) is 5.71. The fourth-order valence-electron chi connectivity index (χ4n) is 2.48. The van der Waals surface area contributed by atoms with E-state index in [1.807, 2.05) is 30.3 Å². The van der Waals surface area contributed by atoms with Gasteiger partial charge in [0.15, 0.2) is 0 Å². The van der Waals surface area contributed by atoms with E-state index in [2.05, 4.69) is 5.32 Å². The molecule has 1 fully saturated rings. The van der Waals surface area contributed by atoms with Gasteiger partial charge in [0.1, 0.15) is 5.92 Å². The van der Waals surface area contributed by atoms with Gasteiger partial charge in [0, 0.05) is 20.3 Å². The van der Waals surface area contributed by atoms with Crippen molar-refractivity contribution in [3.05, 3.63) is 35.9 Å². The summed E-state index contributed by atoms with van der Waals surface area (Å²) in [6.45, 7) is 1.40. The van der Waals surface area contributed by atoms with E-state index in [1.54, 1.807) is 7.11 Å². The number of hydrogen-bond acceptors (Lipinski definition) is 3. The van der Waals surface area contributed by atoms with Crippen LogP contribution in [0.2, 0.25) is 0 Å². The van der Waals surface area contributed by atoms with Crippen molar-refractivity contribution in [1.29, 1.82) is 0 Å². The van der Waals surface area contributed by atoms with Gasteiger partial charge >= 0.3 is 0 Å². The summed E-state index contributed by atoms with van der Waals surface area (Å²) in [5.74, 6) is -0.670. The SMILES string of the molecule is COCCC1(CNC(=O)C(C(N)=S)c2ccccc2)CC1. The molecule has 114 valence electrons. The van der Waals surface area contributed by atoms with Crippen molar-refractivity contribution in [2.45, 2.75) is 25.2 Å². The summed E-state index contributed by atoms with van der Waals surface area (Å²) < 4.78 is 5.13. The standard InChI is InChI=1S/C16H22N2O2S/c1-20-10-9-16(7-8-16)11-18-15(19)13(14(17)21)12-5-3-2-4-6-12/h2-6,13H,7-11H2,1H3,(H2,17,21)(H,18,19). The Hall–Kier alpha value is -1.46. The molecule has 1 aromatic carbocycles. The van der Waals surface area contributed by atoms with Crippen molar-refractivity contribution in [2.24, 2.45) is 11.1 Å². The third kappa shape index (κ3) is 4.25. The molecule has 3 N–H and O–H groups in total. The Balaban J connectivity index is 1.96. The first kappa shape index (κ1) is 15.9. The van der Waals surface area contributed by atoms with Gasteiger partial charge in [-0.3, -0.25) is 4.79 Å². The zero-order valence-electron chi connectivity index (χ0n) is 12.3. The van der Waals surface area contributed by atoms with Crippen LogP contribution in [-0.4, -0.2) is 31.2 Å². The molecule has 1 aliphatic carbocycles. The highest BCUT2D eigenvalue weighted by molar-refractivity contribution is 7.80. The largest absolute Gasteiger partial charge is 0.392 e. The van der Waals surface area contributed by atoms with Crippen molar-refractivity contribution in [3.63, 3.8) is 0 Å². The van der Waals surface area contributed by atoms with Crippen LogP contribution in [0.3, 0.4) is 0 Å². The Labute approximate surface area is 131 Å². The monoisotopic (exact) mass is 306 g/mol. The average molecular weight is 306 g/mol. The summed E-state index contributed by atoms with van der Waals surface area (Å²) in [5.41, 5.74) is 6.80. The van der Waals surface area contributed by atoms with Gasteiger partial charge in [-0.1, -0.05) is 42.5 Å². The molecule has 1 atom stereocenters.